The van der Waals surface area contributed by atoms with Gasteiger partial charge in [0, 0.05) is 52.8 Å². The Balaban J connectivity index is 0.00000178. The maximum atomic E-state index is 13.8. The van der Waals surface area contributed by atoms with E-state index in [2.05, 4.69) is 20.6 Å². The Morgan fingerprint density at radius 1 is 1.07 bits per heavy atom. The third kappa shape index (κ3) is 8.87. The van der Waals surface area contributed by atoms with Gasteiger partial charge in [0.15, 0.2) is 0 Å². The Hall–Kier alpha value is -3.27. The molecule has 1 heterocycles. The fourth-order valence-electron chi connectivity index (χ4n) is 3.70. The van der Waals surface area contributed by atoms with Crippen molar-refractivity contribution in [1.29, 1.82) is 0 Å². The summed E-state index contributed by atoms with van der Waals surface area (Å²) in [6.07, 6.45) is -2.39. The standard InChI is InChI=1S/C26H31F3N5O2P.C2H6O/c1-6-36-37-15-18-10-12-19(13-11-18)31-24-30-14-21(26(27,28)29)23(33-24)32-22-9-7-8-20(17(22)2)25(3,4)34(5)16-35;1-2-3/h7-14,16,37H,6,15H2,1-5H3,(H2,30,31,32,33);3H,2H2,1H3. The van der Waals surface area contributed by atoms with E-state index in [1.54, 1.807) is 33.0 Å². The van der Waals surface area contributed by atoms with Crippen LogP contribution in [0, 0.1) is 6.92 Å². The van der Waals surface area contributed by atoms with Crippen LogP contribution in [-0.4, -0.2) is 46.6 Å². The number of rotatable bonds is 11. The van der Waals surface area contributed by atoms with Crippen molar-refractivity contribution >= 4 is 38.4 Å². The molecule has 0 aliphatic rings. The molecular weight excluding hydrogens is 542 g/mol. The molecular formula is C28H37F3N5O3P. The Morgan fingerprint density at radius 2 is 1.73 bits per heavy atom. The van der Waals surface area contributed by atoms with E-state index in [1.807, 2.05) is 51.1 Å². The highest BCUT2D eigenvalue weighted by atomic mass is 31.1. The average Bonchev–Trinajstić information content (AvgIpc) is 2.90. The Morgan fingerprint density at radius 3 is 2.30 bits per heavy atom. The number of carbonyl (C=O) groups excluding carboxylic acids is 1. The molecule has 2 aromatic carbocycles. The van der Waals surface area contributed by atoms with Gasteiger partial charge in [-0.15, -0.1) is 0 Å². The number of hydrogen-bond donors (Lipinski definition) is 3. The first-order valence-corrected chi connectivity index (χ1v) is 13.8. The van der Waals surface area contributed by atoms with Crippen molar-refractivity contribution in [1.82, 2.24) is 14.9 Å². The predicted octanol–water partition coefficient (Wildman–Crippen LogP) is 6.74. The first kappa shape index (κ1) is 32.9. The second kappa shape index (κ2) is 14.9. The van der Waals surface area contributed by atoms with E-state index in [4.69, 9.17) is 9.63 Å². The zero-order valence-electron chi connectivity index (χ0n) is 23.6. The number of carbonyl (C=O) groups is 1. The van der Waals surface area contributed by atoms with Gasteiger partial charge in [0.2, 0.25) is 12.4 Å². The van der Waals surface area contributed by atoms with E-state index in [-0.39, 0.29) is 18.4 Å². The molecule has 1 unspecified atom stereocenters. The predicted molar refractivity (Wildman–Crippen MR) is 154 cm³/mol. The summed E-state index contributed by atoms with van der Waals surface area (Å²) in [6, 6.07) is 12.7. The molecule has 0 saturated heterocycles. The quantitative estimate of drug-likeness (QED) is 0.131. The molecule has 40 heavy (non-hydrogen) atoms. The van der Waals surface area contributed by atoms with Crippen molar-refractivity contribution in [3.63, 3.8) is 0 Å². The molecule has 0 radical (unpaired) electrons. The smallest absolute Gasteiger partial charge is 0.397 e. The highest BCUT2D eigenvalue weighted by Gasteiger charge is 2.36. The number of benzene rings is 2. The van der Waals surface area contributed by atoms with Gasteiger partial charge in [-0.3, -0.25) is 4.79 Å². The van der Waals surface area contributed by atoms with Gasteiger partial charge in [-0.2, -0.15) is 18.2 Å². The summed E-state index contributed by atoms with van der Waals surface area (Å²) >= 11 is 0. The van der Waals surface area contributed by atoms with Gasteiger partial charge < -0.3 is 25.2 Å². The fraction of sp³-hybridized carbons (Fsp3) is 0.393. The molecule has 1 amide bonds. The van der Waals surface area contributed by atoms with E-state index in [0.717, 1.165) is 29.9 Å². The number of amides is 1. The molecule has 3 N–H and O–H groups in total. The van der Waals surface area contributed by atoms with E-state index in [9.17, 15) is 18.0 Å². The normalized spacial score (nSPS) is 11.7. The number of aliphatic hydroxyl groups is 1. The van der Waals surface area contributed by atoms with Crippen LogP contribution in [0.1, 0.15) is 49.9 Å². The third-order valence-electron chi connectivity index (χ3n) is 6.11. The largest absolute Gasteiger partial charge is 0.421 e. The van der Waals surface area contributed by atoms with Crippen molar-refractivity contribution in [2.24, 2.45) is 0 Å². The number of alkyl halides is 3. The Kier molecular flexibility index (Phi) is 12.3. The third-order valence-corrected chi connectivity index (χ3v) is 7.16. The van der Waals surface area contributed by atoms with Crippen LogP contribution in [0.5, 0.6) is 0 Å². The monoisotopic (exact) mass is 579 g/mol. The van der Waals surface area contributed by atoms with Crippen molar-refractivity contribution < 1.29 is 27.6 Å². The number of hydrogen-bond acceptors (Lipinski definition) is 7. The van der Waals surface area contributed by atoms with Crippen molar-refractivity contribution in [2.45, 2.75) is 52.5 Å². The number of nitrogens with one attached hydrogen (secondary N) is 2. The van der Waals surface area contributed by atoms with Crippen LogP contribution < -0.4 is 10.6 Å². The van der Waals surface area contributed by atoms with Gasteiger partial charge >= 0.3 is 6.18 Å². The van der Waals surface area contributed by atoms with Crippen molar-refractivity contribution in [3.8, 4) is 0 Å². The van der Waals surface area contributed by atoms with Crippen LogP contribution in [0.4, 0.5) is 36.3 Å². The van der Waals surface area contributed by atoms with Crippen molar-refractivity contribution in [3.05, 3.63) is 70.9 Å². The lowest BCUT2D eigenvalue weighted by Gasteiger charge is -2.35. The first-order chi connectivity index (χ1) is 18.9. The second-order valence-electron chi connectivity index (χ2n) is 9.22. The Labute approximate surface area is 235 Å². The van der Waals surface area contributed by atoms with Crippen LogP contribution in [0.2, 0.25) is 0 Å². The highest BCUT2D eigenvalue weighted by Crippen LogP contribution is 2.38. The molecule has 0 spiro atoms. The summed E-state index contributed by atoms with van der Waals surface area (Å²) in [6.45, 7) is 10.1. The lowest BCUT2D eigenvalue weighted by molar-refractivity contribution is -0.137. The van der Waals surface area contributed by atoms with E-state index >= 15 is 0 Å². The molecule has 1 atom stereocenters. The number of halogens is 3. The minimum absolute atomic E-state index is 0.0225. The zero-order valence-corrected chi connectivity index (χ0v) is 24.6. The number of nitrogens with zero attached hydrogens (tertiary/aromatic N) is 3. The summed E-state index contributed by atoms with van der Waals surface area (Å²) in [5.41, 5.74) is 2.00. The molecule has 0 aliphatic carbocycles. The van der Waals surface area contributed by atoms with Gasteiger partial charge in [-0.05, 0) is 69.5 Å². The minimum atomic E-state index is -4.66. The summed E-state index contributed by atoms with van der Waals surface area (Å²) < 4.78 is 46.8. The molecule has 0 saturated carbocycles. The number of aromatic nitrogens is 2. The average molecular weight is 580 g/mol. The molecule has 218 valence electrons. The number of anilines is 4. The molecule has 12 heteroatoms. The molecule has 8 nitrogen and oxygen atoms in total. The van der Waals surface area contributed by atoms with Crippen LogP contribution >= 0.6 is 8.81 Å². The molecule has 1 aromatic heterocycles. The van der Waals surface area contributed by atoms with Gasteiger partial charge in [0.25, 0.3) is 0 Å². The lowest BCUT2D eigenvalue weighted by Crippen LogP contribution is -2.38. The van der Waals surface area contributed by atoms with E-state index in [0.29, 0.717) is 32.4 Å². The van der Waals surface area contributed by atoms with Gasteiger partial charge in [-0.25, -0.2) is 4.98 Å². The second-order valence-corrected chi connectivity index (χ2v) is 10.2. The summed E-state index contributed by atoms with van der Waals surface area (Å²) in [7, 11) is 2.03. The molecule has 0 fully saturated rings. The van der Waals surface area contributed by atoms with Gasteiger partial charge in [0.1, 0.15) is 11.4 Å². The topological polar surface area (TPSA) is 99.6 Å². The molecule has 0 aliphatic heterocycles. The van der Waals surface area contributed by atoms with Gasteiger partial charge in [-0.1, -0.05) is 24.3 Å². The minimum Gasteiger partial charge on any atom is -0.397 e. The summed E-state index contributed by atoms with van der Waals surface area (Å²) in [5, 5.41) is 13.4. The summed E-state index contributed by atoms with van der Waals surface area (Å²) in [4.78, 5) is 20.9. The SMILES string of the molecule is CCO.CCOPCc1ccc(Nc2ncc(C(F)(F)F)c(Nc3cccc(C(C)(C)N(C)C=O)c3C)n2)cc1. The lowest BCUT2D eigenvalue weighted by atomic mass is 9.88. The maximum Gasteiger partial charge on any atom is 0.421 e. The first-order valence-electron chi connectivity index (χ1n) is 12.7. The van der Waals surface area contributed by atoms with Crippen molar-refractivity contribution in [2.75, 3.05) is 30.9 Å². The zero-order chi connectivity index (χ0) is 29.9. The Bertz CT molecular complexity index is 1240. The van der Waals surface area contributed by atoms with Crippen LogP contribution in [0.3, 0.4) is 0 Å². The van der Waals surface area contributed by atoms with Gasteiger partial charge in [0.05, 0.1) is 5.54 Å². The van der Waals surface area contributed by atoms with E-state index in [1.165, 1.54) is 4.90 Å². The van der Waals surface area contributed by atoms with Crippen LogP contribution in [0.25, 0.3) is 0 Å². The fourth-order valence-corrected chi connectivity index (χ4v) is 4.41. The van der Waals surface area contributed by atoms with Crippen LogP contribution in [0.15, 0.2) is 48.7 Å². The maximum absolute atomic E-state index is 13.8. The summed E-state index contributed by atoms with van der Waals surface area (Å²) in [5.74, 6) is -0.351. The molecule has 0 bridgehead atoms. The molecule has 3 aromatic rings. The van der Waals surface area contributed by atoms with E-state index < -0.39 is 17.3 Å². The highest BCUT2D eigenvalue weighted by molar-refractivity contribution is 7.31. The molecule has 3 rings (SSSR count). The number of aliphatic hydroxyl groups excluding tert-OH is 1. The van der Waals surface area contributed by atoms with Crippen LogP contribution in [-0.2, 0) is 27.2 Å².